The number of amides is 2. The van der Waals surface area contributed by atoms with Crippen LogP contribution in [0.2, 0.25) is 0 Å². The molecule has 2 aromatic carbocycles. The molecule has 0 fully saturated rings. The molecule has 0 spiro atoms. The van der Waals surface area contributed by atoms with Crippen molar-refractivity contribution in [3.63, 3.8) is 0 Å². The quantitative estimate of drug-likeness (QED) is 0.813. The summed E-state index contributed by atoms with van der Waals surface area (Å²) in [4.78, 5) is 25.6. The summed E-state index contributed by atoms with van der Waals surface area (Å²) in [5, 5.41) is 5.46. The first-order valence-corrected chi connectivity index (χ1v) is 8.09. The number of likely N-dealkylation sites (N-methyl/N-ethyl adjacent to an activating group) is 1. The molecule has 0 heterocycles. The van der Waals surface area contributed by atoms with E-state index >= 15 is 0 Å². The van der Waals surface area contributed by atoms with Crippen molar-refractivity contribution in [1.29, 1.82) is 0 Å². The fourth-order valence-corrected chi connectivity index (χ4v) is 2.30. The molecular weight excluding hydrogens is 321 g/mol. The second kappa shape index (κ2) is 8.94. The number of hydrogen-bond donors (Lipinski definition) is 2. The van der Waals surface area contributed by atoms with Crippen LogP contribution in [0.4, 0.5) is 15.8 Å². The van der Waals surface area contributed by atoms with E-state index in [1.807, 2.05) is 24.3 Å². The van der Waals surface area contributed by atoms with Crippen molar-refractivity contribution in [2.24, 2.45) is 0 Å². The summed E-state index contributed by atoms with van der Waals surface area (Å²) in [6.07, 6.45) is 0.945. The summed E-state index contributed by atoms with van der Waals surface area (Å²) in [6, 6.07) is 13.2. The van der Waals surface area contributed by atoms with Crippen LogP contribution in [0, 0.1) is 5.82 Å². The van der Waals surface area contributed by atoms with Gasteiger partial charge in [-0.1, -0.05) is 19.1 Å². The van der Waals surface area contributed by atoms with E-state index in [0.29, 0.717) is 5.69 Å². The normalized spacial score (nSPS) is 10.6. The average Bonchev–Trinajstić information content (AvgIpc) is 2.57. The van der Waals surface area contributed by atoms with Gasteiger partial charge in [-0.25, -0.2) is 4.39 Å². The number of rotatable bonds is 7. The lowest BCUT2D eigenvalue weighted by molar-refractivity contribution is -0.119. The topological polar surface area (TPSA) is 61.4 Å². The second-order valence-electron chi connectivity index (χ2n) is 5.83. The van der Waals surface area contributed by atoms with Crippen LogP contribution in [0.25, 0.3) is 0 Å². The van der Waals surface area contributed by atoms with Gasteiger partial charge in [0.05, 0.1) is 13.1 Å². The third-order valence-electron chi connectivity index (χ3n) is 3.60. The molecule has 0 radical (unpaired) electrons. The Balaban J connectivity index is 1.77. The van der Waals surface area contributed by atoms with Crippen molar-refractivity contribution in [2.75, 3.05) is 30.8 Å². The Labute approximate surface area is 146 Å². The predicted molar refractivity (Wildman–Crippen MR) is 97.0 cm³/mol. The molecule has 0 unspecified atom stereocenters. The predicted octanol–water partition coefficient (Wildman–Crippen LogP) is 2.90. The first-order valence-electron chi connectivity index (χ1n) is 8.09. The maximum Gasteiger partial charge on any atom is 0.238 e. The first kappa shape index (κ1) is 18.6. The number of anilines is 2. The summed E-state index contributed by atoms with van der Waals surface area (Å²) >= 11 is 0. The second-order valence-corrected chi connectivity index (χ2v) is 5.83. The van der Waals surface area contributed by atoms with Crippen LogP contribution in [0.3, 0.4) is 0 Å². The molecule has 25 heavy (non-hydrogen) atoms. The van der Waals surface area contributed by atoms with Gasteiger partial charge in [0.25, 0.3) is 0 Å². The lowest BCUT2D eigenvalue weighted by Crippen LogP contribution is -2.36. The van der Waals surface area contributed by atoms with Crippen LogP contribution in [-0.2, 0) is 16.0 Å². The number of carbonyl (C=O) groups is 2. The van der Waals surface area contributed by atoms with Gasteiger partial charge < -0.3 is 10.6 Å². The molecule has 0 aliphatic carbocycles. The molecule has 0 aliphatic rings. The Morgan fingerprint density at radius 3 is 1.76 bits per heavy atom. The van der Waals surface area contributed by atoms with Crippen molar-refractivity contribution in [2.45, 2.75) is 13.3 Å². The Bertz CT molecular complexity index is 714. The van der Waals surface area contributed by atoms with Crippen molar-refractivity contribution in [3.8, 4) is 0 Å². The van der Waals surface area contributed by atoms with E-state index in [2.05, 4.69) is 17.6 Å². The van der Waals surface area contributed by atoms with Crippen LogP contribution in [-0.4, -0.2) is 36.9 Å². The molecule has 2 rings (SSSR count). The zero-order valence-corrected chi connectivity index (χ0v) is 14.4. The highest BCUT2D eigenvalue weighted by molar-refractivity contribution is 5.94. The average molecular weight is 343 g/mol. The van der Waals surface area contributed by atoms with Crippen molar-refractivity contribution >= 4 is 23.2 Å². The summed E-state index contributed by atoms with van der Waals surface area (Å²) < 4.78 is 12.8. The Morgan fingerprint density at radius 2 is 1.32 bits per heavy atom. The SMILES string of the molecule is CCc1ccc(NC(=O)CN(C)CC(=O)Nc2ccc(F)cc2)cc1. The van der Waals surface area contributed by atoms with Gasteiger partial charge in [-0.05, 0) is 55.4 Å². The minimum absolute atomic E-state index is 0.0551. The van der Waals surface area contributed by atoms with Crippen LogP contribution >= 0.6 is 0 Å². The molecule has 0 atom stereocenters. The number of nitrogens with zero attached hydrogens (tertiary/aromatic N) is 1. The third-order valence-corrected chi connectivity index (χ3v) is 3.60. The number of carbonyl (C=O) groups excluding carboxylic acids is 2. The maximum absolute atomic E-state index is 12.8. The Kier molecular flexibility index (Phi) is 6.65. The highest BCUT2D eigenvalue weighted by Gasteiger charge is 2.11. The Morgan fingerprint density at radius 1 is 0.880 bits per heavy atom. The molecule has 2 amide bonds. The van der Waals surface area contributed by atoms with Gasteiger partial charge in [0, 0.05) is 11.4 Å². The van der Waals surface area contributed by atoms with Crippen molar-refractivity contribution in [1.82, 2.24) is 4.90 Å². The van der Waals surface area contributed by atoms with Crippen molar-refractivity contribution in [3.05, 3.63) is 59.9 Å². The maximum atomic E-state index is 12.8. The van der Waals surface area contributed by atoms with Crippen LogP contribution in [0.15, 0.2) is 48.5 Å². The summed E-state index contributed by atoms with van der Waals surface area (Å²) in [6.45, 7) is 2.21. The minimum atomic E-state index is -0.362. The lowest BCUT2D eigenvalue weighted by atomic mass is 10.1. The van der Waals surface area contributed by atoms with Gasteiger partial charge >= 0.3 is 0 Å². The van der Waals surface area contributed by atoms with Crippen LogP contribution < -0.4 is 10.6 Å². The van der Waals surface area contributed by atoms with E-state index in [1.54, 1.807) is 11.9 Å². The Hall–Kier alpha value is -2.73. The largest absolute Gasteiger partial charge is 0.325 e. The molecule has 0 bridgehead atoms. The molecule has 0 aliphatic heterocycles. The molecule has 132 valence electrons. The number of aryl methyl sites for hydroxylation is 1. The first-order chi connectivity index (χ1) is 12.0. The number of benzene rings is 2. The van der Waals surface area contributed by atoms with Crippen molar-refractivity contribution < 1.29 is 14.0 Å². The number of nitrogens with one attached hydrogen (secondary N) is 2. The molecule has 2 N–H and O–H groups in total. The number of halogens is 1. The monoisotopic (exact) mass is 343 g/mol. The van der Waals surface area contributed by atoms with Gasteiger partial charge in [0.1, 0.15) is 5.82 Å². The highest BCUT2D eigenvalue weighted by Crippen LogP contribution is 2.10. The lowest BCUT2D eigenvalue weighted by Gasteiger charge is -2.16. The van der Waals surface area contributed by atoms with E-state index in [0.717, 1.165) is 12.1 Å². The minimum Gasteiger partial charge on any atom is -0.325 e. The standard InChI is InChI=1S/C19H22FN3O2/c1-3-14-4-8-16(9-5-14)21-18(24)12-23(2)13-19(25)22-17-10-6-15(20)7-11-17/h4-11H,3,12-13H2,1-2H3,(H,21,24)(H,22,25). The van der Waals surface area contributed by atoms with E-state index in [-0.39, 0.29) is 30.7 Å². The summed E-state index contributed by atoms with van der Waals surface area (Å²) in [7, 11) is 1.68. The molecule has 6 heteroatoms. The van der Waals surface area contributed by atoms with Gasteiger partial charge in [-0.15, -0.1) is 0 Å². The van der Waals surface area contributed by atoms with E-state index in [9.17, 15) is 14.0 Å². The smallest absolute Gasteiger partial charge is 0.238 e. The number of hydrogen-bond acceptors (Lipinski definition) is 3. The summed E-state index contributed by atoms with van der Waals surface area (Å²) in [5.41, 5.74) is 2.44. The molecular formula is C19H22FN3O2. The van der Waals surface area contributed by atoms with E-state index < -0.39 is 0 Å². The third kappa shape index (κ3) is 6.35. The van der Waals surface area contributed by atoms with Gasteiger partial charge in [-0.2, -0.15) is 0 Å². The van der Waals surface area contributed by atoms with Gasteiger partial charge in [-0.3, -0.25) is 14.5 Å². The molecule has 2 aromatic rings. The van der Waals surface area contributed by atoms with E-state index in [4.69, 9.17) is 0 Å². The van der Waals surface area contributed by atoms with Gasteiger partial charge in [0.2, 0.25) is 11.8 Å². The molecule has 0 saturated heterocycles. The zero-order valence-electron chi connectivity index (χ0n) is 14.4. The summed E-state index contributed by atoms with van der Waals surface area (Å²) in [5.74, 6) is -0.825. The fourth-order valence-electron chi connectivity index (χ4n) is 2.30. The molecule has 0 saturated carbocycles. The molecule has 0 aromatic heterocycles. The van der Waals surface area contributed by atoms with Crippen LogP contribution in [0.5, 0.6) is 0 Å². The highest BCUT2D eigenvalue weighted by atomic mass is 19.1. The fraction of sp³-hybridized carbons (Fsp3) is 0.263. The zero-order chi connectivity index (χ0) is 18.2. The van der Waals surface area contributed by atoms with Gasteiger partial charge in [0.15, 0.2) is 0 Å². The van der Waals surface area contributed by atoms with E-state index in [1.165, 1.54) is 29.8 Å². The molecule has 5 nitrogen and oxygen atoms in total. The van der Waals surface area contributed by atoms with Crippen LogP contribution in [0.1, 0.15) is 12.5 Å².